The van der Waals surface area contributed by atoms with Gasteiger partial charge in [-0.25, -0.2) is 9.48 Å². The smallest absolute Gasteiger partial charge is 0.339 e. The van der Waals surface area contributed by atoms with E-state index in [1.165, 1.54) is 38.1 Å². The topological polar surface area (TPSA) is 103 Å². The standard InChI is InChI=1S/C18H25N5O3S/c1-10-14(17(25)26-4)11(2)19-15(10)16(24)12(3)27-18-20-21-22-23(18)13-8-6-5-7-9-13/h12-13,19H,5-9H2,1-4H3. The van der Waals surface area contributed by atoms with Gasteiger partial charge in [-0.15, -0.1) is 5.10 Å². The zero-order chi connectivity index (χ0) is 19.6. The zero-order valence-electron chi connectivity index (χ0n) is 16.1. The predicted molar refractivity (Wildman–Crippen MR) is 101 cm³/mol. The summed E-state index contributed by atoms with van der Waals surface area (Å²) < 4.78 is 6.68. The fraction of sp³-hybridized carbons (Fsp3) is 0.611. The molecule has 0 aliphatic heterocycles. The molecule has 1 N–H and O–H groups in total. The van der Waals surface area contributed by atoms with Crippen molar-refractivity contribution < 1.29 is 14.3 Å². The maximum Gasteiger partial charge on any atom is 0.339 e. The van der Waals surface area contributed by atoms with Crippen molar-refractivity contribution in [1.29, 1.82) is 0 Å². The fourth-order valence-corrected chi connectivity index (χ4v) is 4.56. The van der Waals surface area contributed by atoms with Gasteiger partial charge in [0, 0.05) is 5.69 Å². The molecule has 1 aliphatic carbocycles. The minimum atomic E-state index is -0.443. The number of Topliss-reactive ketones (excluding diaryl/α,β-unsaturated/α-hetero) is 1. The van der Waals surface area contributed by atoms with Crippen molar-refractivity contribution in [3.8, 4) is 0 Å². The van der Waals surface area contributed by atoms with Crippen LogP contribution < -0.4 is 0 Å². The molecule has 1 aliphatic rings. The van der Waals surface area contributed by atoms with E-state index in [1.807, 2.05) is 11.6 Å². The number of esters is 1. The number of aromatic nitrogens is 5. The second kappa shape index (κ2) is 8.24. The van der Waals surface area contributed by atoms with Crippen molar-refractivity contribution >= 4 is 23.5 Å². The van der Waals surface area contributed by atoms with E-state index in [0.717, 1.165) is 12.8 Å². The lowest BCUT2D eigenvalue weighted by Crippen LogP contribution is -2.19. The van der Waals surface area contributed by atoms with Crippen molar-refractivity contribution in [2.75, 3.05) is 7.11 Å². The Morgan fingerprint density at radius 3 is 2.63 bits per heavy atom. The van der Waals surface area contributed by atoms with E-state index in [1.54, 1.807) is 13.8 Å². The molecule has 27 heavy (non-hydrogen) atoms. The third-order valence-corrected chi connectivity index (χ3v) is 6.16. The Kier molecular flexibility index (Phi) is 5.98. The number of carbonyl (C=O) groups excluding carboxylic acids is 2. The summed E-state index contributed by atoms with van der Waals surface area (Å²) in [6.45, 7) is 5.35. The van der Waals surface area contributed by atoms with Gasteiger partial charge in [0.25, 0.3) is 0 Å². The summed E-state index contributed by atoms with van der Waals surface area (Å²) in [6.07, 6.45) is 5.75. The molecular weight excluding hydrogens is 366 g/mol. The molecule has 0 bridgehead atoms. The minimum Gasteiger partial charge on any atom is -0.465 e. The number of rotatable bonds is 6. The molecule has 146 valence electrons. The molecule has 2 heterocycles. The molecule has 0 saturated heterocycles. The Hall–Kier alpha value is -2.16. The fourth-order valence-electron chi connectivity index (χ4n) is 3.64. The maximum absolute atomic E-state index is 13.0. The summed E-state index contributed by atoms with van der Waals surface area (Å²) in [5.41, 5.74) is 2.10. The van der Waals surface area contributed by atoms with Crippen LogP contribution in [0.5, 0.6) is 0 Å². The van der Waals surface area contributed by atoms with E-state index >= 15 is 0 Å². The molecule has 0 amide bonds. The van der Waals surface area contributed by atoms with Crippen LogP contribution in [0.1, 0.15) is 77.2 Å². The summed E-state index contributed by atoms with van der Waals surface area (Å²) in [6, 6.07) is 0.305. The molecule has 9 heteroatoms. The van der Waals surface area contributed by atoms with Crippen molar-refractivity contribution in [1.82, 2.24) is 25.2 Å². The molecule has 3 rings (SSSR count). The predicted octanol–water partition coefficient (Wildman–Crippen LogP) is 3.27. The molecule has 1 atom stereocenters. The van der Waals surface area contributed by atoms with Gasteiger partial charge in [0.1, 0.15) is 0 Å². The molecule has 0 spiro atoms. The molecule has 2 aromatic rings. The molecule has 0 aromatic carbocycles. The van der Waals surface area contributed by atoms with Gasteiger partial charge < -0.3 is 9.72 Å². The Morgan fingerprint density at radius 1 is 1.26 bits per heavy atom. The number of aryl methyl sites for hydroxylation is 1. The van der Waals surface area contributed by atoms with Crippen LogP contribution in [-0.2, 0) is 4.74 Å². The van der Waals surface area contributed by atoms with Crippen LogP contribution in [-0.4, -0.2) is 49.3 Å². The number of nitrogens with zero attached hydrogens (tertiary/aromatic N) is 4. The number of hydrogen-bond donors (Lipinski definition) is 1. The first-order valence-corrected chi connectivity index (χ1v) is 10.1. The molecular formula is C18H25N5O3S. The number of ether oxygens (including phenoxy) is 1. The summed E-state index contributed by atoms with van der Waals surface area (Å²) in [7, 11) is 1.33. The van der Waals surface area contributed by atoms with E-state index in [4.69, 9.17) is 4.74 Å². The first kappa shape index (κ1) is 19.6. The first-order valence-electron chi connectivity index (χ1n) is 9.20. The SMILES string of the molecule is COC(=O)c1c(C)[nH]c(C(=O)C(C)Sc2nnnn2C2CCCCC2)c1C. The average Bonchev–Trinajstić information content (AvgIpc) is 3.25. The van der Waals surface area contributed by atoms with Gasteiger partial charge in [-0.1, -0.05) is 31.0 Å². The van der Waals surface area contributed by atoms with Crippen LogP contribution in [0.4, 0.5) is 0 Å². The van der Waals surface area contributed by atoms with Crippen LogP contribution in [0, 0.1) is 13.8 Å². The lowest BCUT2D eigenvalue weighted by Gasteiger charge is -2.22. The third-order valence-electron chi connectivity index (χ3n) is 5.11. The summed E-state index contributed by atoms with van der Waals surface area (Å²) >= 11 is 1.35. The van der Waals surface area contributed by atoms with Crippen LogP contribution in [0.15, 0.2) is 5.16 Å². The van der Waals surface area contributed by atoms with Crippen LogP contribution >= 0.6 is 11.8 Å². The normalized spacial score (nSPS) is 16.3. The van der Waals surface area contributed by atoms with Crippen molar-refractivity contribution in [3.05, 3.63) is 22.5 Å². The highest BCUT2D eigenvalue weighted by atomic mass is 32.2. The van der Waals surface area contributed by atoms with Crippen LogP contribution in [0.2, 0.25) is 0 Å². The number of nitrogens with one attached hydrogen (secondary N) is 1. The zero-order valence-corrected chi connectivity index (χ0v) is 16.9. The number of thioether (sulfide) groups is 1. The number of methoxy groups -OCH3 is 1. The third kappa shape index (κ3) is 3.92. The molecule has 0 radical (unpaired) electrons. The Bertz CT molecular complexity index is 838. The van der Waals surface area contributed by atoms with Crippen molar-refractivity contribution in [2.24, 2.45) is 0 Å². The number of ketones is 1. The first-order chi connectivity index (χ1) is 12.9. The largest absolute Gasteiger partial charge is 0.465 e. The highest BCUT2D eigenvalue weighted by molar-refractivity contribution is 8.00. The van der Waals surface area contributed by atoms with Crippen molar-refractivity contribution in [2.45, 2.75) is 69.3 Å². The quantitative estimate of drug-likeness (QED) is 0.458. The second-order valence-electron chi connectivity index (χ2n) is 6.94. The lowest BCUT2D eigenvalue weighted by atomic mass is 9.96. The monoisotopic (exact) mass is 391 g/mol. The highest BCUT2D eigenvalue weighted by Gasteiger charge is 2.28. The summed E-state index contributed by atoms with van der Waals surface area (Å²) in [5.74, 6) is -0.532. The summed E-state index contributed by atoms with van der Waals surface area (Å²) in [4.78, 5) is 28.0. The number of tetrazole rings is 1. The summed E-state index contributed by atoms with van der Waals surface area (Å²) in [5, 5.41) is 12.4. The molecule has 1 fully saturated rings. The maximum atomic E-state index is 13.0. The van der Waals surface area contributed by atoms with Gasteiger partial charge in [-0.05, 0) is 49.6 Å². The number of hydrogen-bond acceptors (Lipinski definition) is 7. The van der Waals surface area contributed by atoms with E-state index in [0.29, 0.717) is 33.7 Å². The van der Waals surface area contributed by atoms with E-state index in [9.17, 15) is 9.59 Å². The van der Waals surface area contributed by atoms with Gasteiger partial charge in [0.2, 0.25) is 5.16 Å². The molecule has 1 saturated carbocycles. The van der Waals surface area contributed by atoms with Crippen molar-refractivity contribution in [3.63, 3.8) is 0 Å². The molecule has 2 aromatic heterocycles. The Morgan fingerprint density at radius 2 is 1.96 bits per heavy atom. The van der Waals surface area contributed by atoms with E-state index in [-0.39, 0.29) is 11.0 Å². The molecule has 8 nitrogen and oxygen atoms in total. The van der Waals surface area contributed by atoms with E-state index in [2.05, 4.69) is 20.5 Å². The number of H-pyrrole nitrogens is 1. The number of carbonyl (C=O) groups is 2. The van der Waals surface area contributed by atoms with E-state index < -0.39 is 5.97 Å². The lowest BCUT2D eigenvalue weighted by molar-refractivity contribution is 0.0599. The van der Waals surface area contributed by atoms with Gasteiger partial charge in [-0.3, -0.25) is 4.79 Å². The van der Waals surface area contributed by atoms with Gasteiger partial charge in [0.05, 0.1) is 29.7 Å². The average molecular weight is 391 g/mol. The second-order valence-corrected chi connectivity index (χ2v) is 8.25. The molecule has 1 unspecified atom stereocenters. The Balaban J connectivity index is 1.78. The number of aromatic amines is 1. The van der Waals surface area contributed by atoms with Gasteiger partial charge >= 0.3 is 5.97 Å². The highest BCUT2D eigenvalue weighted by Crippen LogP contribution is 2.32. The van der Waals surface area contributed by atoms with Crippen LogP contribution in [0.3, 0.4) is 0 Å². The van der Waals surface area contributed by atoms with Gasteiger partial charge in [0.15, 0.2) is 5.78 Å². The minimum absolute atomic E-state index is 0.0889. The van der Waals surface area contributed by atoms with Crippen LogP contribution in [0.25, 0.3) is 0 Å². The van der Waals surface area contributed by atoms with Gasteiger partial charge in [-0.2, -0.15) is 0 Å². The Labute approximate surface area is 162 Å².